The van der Waals surface area contributed by atoms with Crippen LogP contribution >= 0.6 is 0 Å². The van der Waals surface area contributed by atoms with Gasteiger partial charge in [-0.2, -0.15) is 5.26 Å². The molecule has 0 saturated heterocycles. The number of carbonyl (C=O) groups is 1. The number of nitriles is 1. The molecule has 2 atom stereocenters. The number of rotatable bonds is 6. The van der Waals surface area contributed by atoms with Crippen LogP contribution in [0.25, 0.3) is 0 Å². The second-order valence-corrected chi connectivity index (χ2v) is 5.98. The lowest BCUT2D eigenvalue weighted by atomic mass is 9.88. The van der Waals surface area contributed by atoms with Crippen LogP contribution in [-0.4, -0.2) is 18.6 Å². The van der Waals surface area contributed by atoms with Gasteiger partial charge in [0.25, 0.3) is 0 Å². The summed E-state index contributed by atoms with van der Waals surface area (Å²) in [6, 6.07) is 9.12. The predicted molar refractivity (Wildman–Crippen MR) is 86.4 cm³/mol. The molecule has 0 aromatic heterocycles. The number of ether oxygens (including phenoxy) is 1. The number of hydrogen-bond acceptors (Lipinski definition) is 3. The summed E-state index contributed by atoms with van der Waals surface area (Å²) in [7, 11) is 0. The van der Waals surface area contributed by atoms with Gasteiger partial charge in [0, 0.05) is 13.0 Å². The van der Waals surface area contributed by atoms with Crippen LogP contribution in [0.15, 0.2) is 24.3 Å². The molecule has 22 heavy (non-hydrogen) atoms. The minimum Gasteiger partial charge on any atom is -0.378 e. The maximum atomic E-state index is 11.9. The Morgan fingerprint density at radius 3 is 2.91 bits per heavy atom. The van der Waals surface area contributed by atoms with Gasteiger partial charge in [-0.3, -0.25) is 4.79 Å². The first kappa shape index (κ1) is 16.5. The number of carbonyl (C=O) groups excluding carboxylic acids is 1. The molecule has 1 N–H and O–H groups in total. The van der Waals surface area contributed by atoms with Crippen LogP contribution in [0.2, 0.25) is 0 Å². The lowest BCUT2D eigenvalue weighted by Crippen LogP contribution is -2.26. The molecule has 0 heterocycles. The van der Waals surface area contributed by atoms with E-state index in [1.54, 1.807) is 18.2 Å². The van der Waals surface area contributed by atoms with Gasteiger partial charge in [-0.1, -0.05) is 31.9 Å². The number of para-hydroxylation sites is 1. The molecule has 1 aromatic rings. The van der Waals surface area contributed by atoms with E-state index < -0.39 is 0 Å². The molecule has 2 unspecified atom stereocenters. The van der Waals surface area contributed by atoms with Crippen molar-refractivity contribution in [3.05, 3.63) is 29.8 Å². The fraction of sp³-hybridized carbons (Fsp3) is 0.556. The fourth-order valence-electron chi connectivity index (χ4n) is 2.90. The monoisotopic (exact) mass is 300 g/mol. The van der Waals surface area contributed by atoms with Gasteiger partial charge in [0.2, 0.25) is 5.91 Å². The smallest absolute Gasteiger partial charge is 0.224 e. The Labute approximate surface area is 132 Å². The summed E-state index contributed by atoms with van der Waals surface area (Å²) in [5, 5.41) is 11.8. The van der Waals surface area contributed by atoms with Gasteiger partial charge in [-0.05, 0) is 37.3 Å². The SMILES string of the molecule is CC1CCCCC1OCCCC(=O)Nc1ccccc1C#N. The highest BCUT2D eigenvalue weighted by atomic mass is 16.5. The van der Waals surface area contributed by atoms with Crippen molar-refractivity contribution in [2.24, 2.45) is 5.92 Å². The third-order valence-electron chi connectivity index (χ3n) is 4.23. The number of amides is 1. The van der Waals surface area contributed by atoms with Crippen molar-refractivity contribution in [3.63, 3.8) is 0 Å². The van der Waals surface area contributed by atoms with Crippen molar-refractivity contribution in [1.29, 1.82) is 5.26 Å². The average molecular weight is 300 g/mol. The van der Waals surface area contributed by atoms with Crippen molar-refractivity contribution < 1.29 is 9.53 Å². The number of nitrogens with one attached hydrogen (secondary N) is 1. The second-order valence-electron chi connectivity index (χ2n) is 5.98. The molecule has 1 aromatic carbocycles. The van der Waals surface area contributed by atoms with Crippen LogP contribution in [0.4, 0.5) is 5.69 Å². The average Bonchev–Trinajstić information content (AvgIpc) is 2.53. The number of anilines is 1. The van der Waals surface area contributed by atoms with E-state index in [1.807, 2.05) is 6.07 Å². The van der Waals surface area contributed by atoms with Crippen LogP contribution in [0.3, 0.4) is 0 Å². The summed E-state index contributed by atoms with van der Waals surface area (Å²) >= 11 is 0. The first-order chi connectivity index (χ1) is 10.7. The van der Waals surface area contributed by atoms with Gasteiger partial charge in [0.15, 0.2) is 0 Å². The van der Waals surface area contributed by atoms with Gasteiger partial charge >= 0.3 is 0 Å². The molecule has 1 saturated carbocycles. The molecule has 4 nitrogen and oxygen atoms in total. The van der Waals surface area contributed by atoms with Crippen molar-refractivity contribution in [2.75, 3.05) is 11.9 Å². The molecule has 2 rings (SSSR count). The normalized spacial score (nSPS) is 21.1. The van der Waals surface area contributed by atoms with Gasteiger partial charge < -0.3 is 10.1 Å². The summed E-state index contributed by atoms with van der Waals surface area (Å²) in [5.41, 5.74) is 1.07. The fourth-order valence-corrected chi connectivity index (χ4v) is 2.90. The van der Waals surface area contributed by atoms with E-state index >= 15 is 0 Å². The Bertz CT molecular complexity index is 536. The van der Waals surface area contributed by atoms with Gasteiger partial charge in [-0.25, -0.2) is 0 Å². The molecule has 0 aliphatic heterocycles. The summed E-state index contributed by atoms with van der Waals surface area (Å²) in [6.07, 6.45) is 6.43. The Kier molecular flexibility index (Phi) is 6.42. The van der Waals surface area contributed by atoms with E-state index in [9.17, 15) is 4.79 Å². The molecule has 0 spiro atoms. The van der Waals surface area contributed by atoms with E-state index in [0.29, 0.717) is 42.7 Å². The molecule has 4 heteroatoms. The first-order valence-corrected chi connectivity index (χ1v) is 8.11. The molecule has 1 amide bonds. The summed E-state index contributed by atoms with van der Waals surface area (Å²) < 4.78 is 5.91. The lowest BCUT2D eigenvalue weighted by molar-refractivity contribution is -0.116. The van der Waals surface area contributed by atoms with Crippen molar-refractivity contribution >= 4 is 11.6 Å². The van der Waals surface area contributed by atoms with Crippen LogP contribution in [0, 0.1) is 17.2 Å². The zero-order chi connectivity index (χ0) is 15.8. The molecular weight excluding hydrogens is 276 g/mol. The maximum absolute atomic E-state index is 11.9. The Hall–Kier alpha value is -1.86. The van der Waals surface area contributed by atoms with Gasteiger partial charge in [-0.15, -0.1) is 0 Å². The Morgan fingerprint density at radius 1 is 1.36 bits per heavy atom. The molecular formula is C18H24N2O2. The van der Waals surface area contributed by atoms with E-state index in [1.165, 1.54) is 19.3 Å². The van der Waals surface area contributed by atoms with E-state index in [0.717, 1.165) is 6.42 Å². The minimum absolute atomic E-state index is 0.0667. The van der Waals surface area contributed by atoms with E-state index in [4.69, 9.17) is 10.00 Å². The third-order valence-corrected chi connectivity index (χ3v) is 4.23. The number of benzene rings is 1. The van der Waals surface area contributed by atoms with Crippen molar-refractivity contribution in [1.82, 2.24) is 0 Å². The standard InChI is InChI=1S/C18H24N2O2/c1-14-7-2-5-10-17(14)22-12-6-11-18(21)20-16-9-4-3-8-15(16)13-19/h3-4,8-9,14,17H,2,5-7,10-12H2,1H3,(H,20,21). The zero-order valence-corrected chi connectivity index (χ0v) is 13.2. The Balaban J connectivity index is 1.69. The van der Waals surface area contributed by atoms with Crippen LogP contribution in [-0.2, 0) is 9.53 Å². The van der Waals surface area contributed by atoms with E-state index in [-0.39, 0.29) is 5.91 Å². The second kappa shape index (κ2) is 8.55. The molecule has 1 aliphatic rings. The summed E-state index contributed by atoms with van der Waals surface area (Å²) in [6.45, 7) is 2.87. The molecule has 118 valence electrons. The largest absolute Gasteiger partial charge is 0.378 e. The topological polar surface area (TPSA) is 62.1 Å². The minimum atomic E-state index is -0.0667. The van der Waals surface area contributed by atoms with Crippen LogP contribution in [0.5, 0.6) is 0 Å². The molecule has 1 fully saturated rings. The maximum Gasteiger partial charge on any atom is 0.224 e. The summed E-state index contributed by atoms with van der Waals surface area (Å²) in [4.78, 5) is 11.9. The third kappa shape index (κ3) is 4.85. The predicted octanol–water partition coefficient (Wildman–Crippen LogP) is 3.87. The van der Waals surface area contributed by atoms with Crippen molar-refractivity contribution in [2.45, 2.75) is 51.6 Å². The highest BCUT2D eigenvalue weighted by molar-refractivity contribution is 5.92. The van der Waals surface area contributed by atoms with Crippen molar-refractivity contribution in [3.8, 4) is 6.07 Å². The number of hydrogen-bond donors (Lipinski definition) is 1. The quantitative estimate of drug-likeness (QED) is 0.811. The highest BCUT2D eigenvalue weighted by Crippen LogP contribution is 2.26. The van der Waals surface area contributed by atoms with E-state index in [2.05, 4.69) is 18.3 Å². The molecule has 0 bridgehead atoms. The summed E-state index contributed by atoms with van der Waals surface area (Å²) in [5.74, 6) is 0.563. The lowest BCUT2D eigenvalue weighted by Gasteiger charge is -2.28. The molecule has 0 radical (unpaired) electrons. The molecule has 1 aliphatic carbocycles. The number of nitrogens with zero attached hydrogens (tertiary/aromatic N) is 1. The first-order valence-electron chi connectivity index (χ1n) is 8.11. The highest BCUT2D eigenvalue weighted by Gasteiger charge is 2.21. The zero-order valence-electron chi connectivity index (χ0n) is 13.2. The van der Waals surface area contributed by atoms with Gasteiger partial charge in [0.1, 0.15) is 6.07 Å². The van der Waals surface area contributed by atoms with Gasteiger partial charge in [0.05, 0.1) is 17.4 Å². The van der Waals surface area contributed by atoms with Crippen LogP contribution in [0.1, 0.15) is 51.0 Å². The van der Waals surface area contributed by atoms with Crippen LogP contribution < -0.4 is 5.32 Å². The Morgan fingerprint density at radius 2 is 2.14 bits per heavy atom.